The Balaban J connectivity index is 2.45. The maximum absolute atomic E-state index is 12.8. The van der Waals surface area contributed by atoms with Crippen molar-refractivity contribution < 1.29 is 5.11 Å². The molecule has 0 bridgehead atoms. The molecule has 3 aromatic rings. The van der Waals surface area contributed by atoms with E-state index in [-0.39, 0.29) is 17.1 Å². The lowest BCUT2D eigenvalue weighted by molar-refractivity contribution is 0.470. The summed E-state index contributed by atoms with van der Waals surface area (Å²) in [6.45, 7) is 3.59. The van der Waals surface area contributed by atoms with E-state index in [0.717, 1.165) is 5.56 Å². The summed E-state index contributed by atoms with van der Waals surface area (Å²) in [6.07, 6.45) is 0. The van der Waals surface area contributed by atoms with Crippen molar-refractivity contribution in [3.05, 3.63) is 50.6 Å². The normalized spacial score (nSPS) is 10.8. The molecule has 0 radical (unpaired) electrons. The van der Waals surface area contributed by atoms with Gasteiger partial charge >= 0.3 is 0 Å². The van der Waals surface area contributed by atoms with Crippen molar-refractivity contribution in [2.24, 2.45) is 0 Å². The molecule has 0 aliphatic rings. The first kappa shape index (κ1) is 14.2. The quantitative estimate of drug-likeness (QED) is 0.723. The van der Waals surface area contributed by atoms with Gasteiger partial charge in [-0.05, 0) is 37.6 Å². The first-order valence-corrected chi connectivity index (χ1v) is 7.40. The van der Waals surface area contributed by atoms with E-state index in [4.69, 9.17) is 11.0 Å². The first-order chi connectivity index (χ1) is 10.4. The summed E-state index contributed by atoms with van der Waals surface area (Å²) in [7, 11) is 0. The van der Waals surface area contributed by atoms with Gasteiger partial charge in [0.05, 0.1) is 11.1 Å². The SMILES string of the molecule is Cc1ccc(O)c(C)c1-n1c(N)cc2sc(C#N)cc2c1=O. The predicted molar refractivity (Wildman–Crippen MR) is 87.7 cm³/mol. The maximum atomic E-state index is 12.8. The molecule has 0 aliphatic carbocycles. The number of phenols is 1. The van der Waals surface area contributed by atoms with Gasteiger partial charge in [0.15, 0.2) is 0 Å². The van der Waals surface area contributed by atoms with Gasteiger partial charge in [-0.3, -0.25) is 9.36 Å². The van der Waals surface area contributed by atoms with Gasteiger partial charge in [-0.25, -0.2) is 0 Å². The van der Waals surface area contributed by atoms with E-state index in [1.54, 1.807) is 31.2 Å². The average Bonchev–Trinajstić information content (AvgIpc) is 2.89. The lowest BCUT2D eigenvalue weighted by Crippen LogP contribution is -2.22. The predicted octanol–water partition coefficient (Wildman–Crippen LogP) is 2.83. The van der Waals surface area contributed by atoms with Crippen molar-refractivity contribution in [2.45, 2.75) is 13.8 Å². The zero-order valence-corrected chi connectivity index (χ0v) is 12.9. The van der Waals surface area contributed by atoms with E-state index in [1.165, 1.54) is 15.9 Å². The van der Waals surface area contributed by atoms with Crippen LogP contribution in [0, 0.1) is 25.2 Å². The fourth-order valence-corrected chi connectivity index (χ4v) is 3.47. The van der Waals surface area contributed by atoms with E-state index < -0.39 is 0 Å². The van der Waals surface area contributed by atoms with Crippen LogP contribution in [0.5, 0.6) is 5.75 Å². The smallest absolute Gasteiger partial charge is 0.265 e. The van der Waals surface area contributed by atoms with Crippen LogP contribution in [-0.4, -0.2) is 9.67 Å². The Labute approximate surface area is 130 Å². The van der Waals surface area contributed by atoms with Crippen LogP contribution in [0.2, 0.25) is 0 Å². The third kappa shape index (κ3) is 1.95. The summed E-state index contributed by atoms with van der Waals surface area (Å²) in [5.41, 5.74) is 7.77. The molecule has 3 rings (SSSR count). The highest BCUT2D eigenvalue weighted by Crippen LogP contribution is 2.30. The summed E-state index contributed by atoms with van der Waals surface area (Å²) >= 11 is 1.24. The van der Waals surface area contributed by atoms with Gasteiger partial charge < -0.3 is 10.8 Å². The van der Waals surface area contributed by atoms with Crippen LogP contribution in [0.15, 0.2) is 29.1 Å². The maximum Gasteiger partial charge on any atom is 0.265 e. The number of phenolic OH excluding ortho intramolecular Hbond substituents is 1. The minimum absolute atomic E-state index is 0.107. The number of thiophene rings is 1. The monoisotopic (exact) mass is 311 g/mol. The number of rotatable bonds is 1. The van der Waals surface area contributed by atoms with Gasteiger partial charge in [-0.1, -0.05) is 6.07 Å². The fraction of sp³-hybridized carbons (Fsp3) is 0.125. The van der Waals surface area contributed by atoms with Gasteiger partial charge in [-0.2, -0.15) is 5.26 Å². The van der Waals surface area contributed by atoms with E-state index in [1.807, 2.05) is 13.0 Å². The molecule has 5 nitrogen and oxygen atoms in total. The molecule has 1 aromatic carbocycles. The van der Waals surface area contributed by atoms with Crippen LogP contribution in [0.25, 0.3) is 15.8 Å². The van der Waals surface area contributed by atoms with Crippen molar-refractivity contribution in [1.29, 1.82) is 5.26 Å². The number of nitrogen functional groups attached to an aromatic ring is 1. The molecule has 2 aromatic heterocycles. The third-order valence-electron chi connectivity index (χ3n) is 3.67. The number of nitrogens with two attached hydrogens (primary N) is 1. The van der Waals surface area contributed by atoms with Crippen LogP contribution < -0.4 is 11.3 Å². The molecule has 0 fully saturated rings. The summed E-state index contributed by atoms with van der Waals surface area (Å²) in [5.74, 6) is 0.385. The molecule has 0 saturated heterocycles. The van der Waals surface area contributed by atoms with Crippen molar-refractivity contribution in [1.82, 2.24) is 4.57 Å². The van der Waals surface area contributed by atoms with Gasteiger partial charge in [0.2, 0.25) is 0 Å². The summed E-state index contributed by atoms with van der Waals surface area (Å²) in [6, 6.07) is 8.63. The molecular weight excluding hydrogens is 298 g/mol. The van der Waals surface area contributed by atoms with Crippen LogP contribution in [0.3, 0.4) is 0 Å². The zero-order valence-electron chi connectivity index (χ0n) is 12.0. The Bertz CT molecular complexity index is 1010. The number of aromatic nitrogens is 1. The highest BCUT2D eigenvalue weighted by Gasteiger charge is 2.16. The molecule has 110 valence electrons. The van der Waals surface area contributed by atoms with Gasteiger partial charge in [0, 0.05) is 10.3 Å². The van der Waals surface area contributed by atoms with Gasteiger partial charge in [-0.15, -0.1) is 11.3 Å². The lowest BCUT2D eigenvalue weighted by Gasteiger charge is -2.16. The molecule has 0 spiro atoms. The second-order valence-corrected chi connectivity index (χ2v) is 6.17. The molecule has 22 heavy (non-hydrogen) atoms. The Morgan fingerprint density at radius 3 is 2.73 bits per heavy atom. The van der Waals surface area contributed by atoms with E-state index in [0.29, 0.717) is 26.2 Å². The molecule has 0 unspecified atom stereocenters. The first-order valence-electron chi connectivity index (χ1n) is 6.58. The van der Waals surface area contributed by atoms with Gasteiger partial charge in [0.25, 0.3) is 5.56 Å². The summed E-state index contributed by atoms with van der Waals surface area (Å²) < 4.78 is 2.08. The van der Waals surface area contributed by atoms with E-state index in [2.05, 4.69) is 0 Å². The van der Waals surface area contributed by atoms with Crippen molar-refractivity contribution in [3.63, 3.8) is 0 Å². The van der Waals surface area contributed by atoms with Crippen molar-refractivity contribution in [2.75, 3.05) is 5.73 Å². The number of benzene rings is 1. The second kappa shape index (κ2) is 4.90. The highest BCUT2D eigenvalue weighted by atomic mass is 32.1. The number of aromatic hydroxyl groups is 1. The number of nitriles is 1. The zero-order chi connectivity index (χ0) is 16.0. The Kier molecular flexibility index (Phi) is 3.15. The minimum atomic E-state index is -0.287. The van der Waals surface area contributed by atoms with Crippen LogP contribution in [-0.2, 0) is 0 Å². The summed E-state index contributed by atoms with van der Waals surface area (Å²) in [4.78, 5) is 13.3. The molecular formula is C16H13N3O2S. The standard InChI is InChI=1S/C16H13N3O2S/c1-8-3-4-12(20)9(2)15(8)19-14(18)6-13-11(16(19)21)5-10(7-17)22-13/h3-6,20H,18H2,1-2H3. The summed E-state index contributed by atoms with van der Waals surface area (Å²) in [5, 5.41) is 19.4. The molecule has 0 amide bonds. The average molecular weight is 311 g/mol. The molecule has 3 N–H and O–H groups in total. The number of fused-ring (bicyclic) bond motifs is 1. The van der Waals surface area contributed by atoms with Crippen LogP contribution >= 0.6 is 11.3 Å². The number of aryl methyl sites for hydroxylation is 1. The third-order valence-corrected chi connectivity index (χ3v) is 4.66. The van der Waals surface area contributed by atoms with Crippen molar-refractivity contribution >= 4 is 27.2 Å². The number of hydrogen-bond acceptors (Lipinski definition) is 5. The molecule has 6 heteroatoms. The van der Waals surface area contributed by atoms with Crippen molar-refractivity contribution in [3.8, 4) is 17.5 Å². The highest BCUT2D eigenvalue weighted by molar-refractivity contribution is 7.19. The minimum Gasteiger partial charge on any atom is -0.508 e. The fourth-order valence-electron chi connectivity index (χ4n) is 2.57. The second-order valence-electron chi connectivity index (χ2n) is 5.09. The number of hydrogen-bond donors (Lipinski definition) is 2. The van der Waals surface area contributed by atoms with Crippen LogP contribution in [0.4, 0.5) is 5.82 Å². The molecule has 2 heterocycles. The number of nitrogens with zero attached hydrogens (tertiary/aromatic N) is 2. The van der Waals surface area contributed by atoms with E-state index in [9.17, 15) is 9.90 Å². The Morgan fingerprint density at radius 2 is 2.05 bits per heavy atom. The Morgan fingerprint density at radius 1 is 1.32 bits per heavy atom. The van der Waals surface area contributed by atoms with Crippen LogP contribution in [0.1, 0.15) is 16.0 Å². The molecule has 0 atom stereocenters. The van der Waals surface area contributed by atoms with E-state index >= 15 is 0 Å². The largest absolute Gasteiger partial charge is 0.508 e. The van der Waals surface area contributed by atoms with Gasteiger partial charge in [0.1, 0.15) is 22.5 Å². The topological polar surface area (TPSA) is 92.0 Å². The number of anilines is 1. The Hall–Kier alpha value is -2.78. The lowest BCUT2D eigenvalue weighted by atomic mass is 10.1. The molecule has 0 aliphatic heterocycles. The number of pyridine rings is 1. The molecule has 0 saturated carbocycles.